The Morgan fingerprint density at radius 1 is 1.43 bits per heavy atom. The number of rotatable bonds is 1. The van der Waals surface area contributed by atoms with Crippen molar-refractivity contribution in [3.05, 3.63) is 36.4 Å². The summed E-state index contributed by atoms with van der Waals surface area (Å²) in [5.74, 6) is -0.00120. The average molecular weight is 190 g/mol. The molecule has 0 unspecified atom stereocenters. The fourth-order valence-corrected chi connectivity index (χ4v) is 1.13. The van der Waals surface area contributed by atoms with Crippen molar-refractivity contribution in [2.45, 2.75) is 20.8 Å². The number of aromatic nitrogens is 2. The lowest BCUT2D eigenvalue weighted by Crippen LogP contribution is -1.97. The summed E-state index contributed by atoms with van der Waals surface area (Å²) in [4.78, 5) is 14.9. The summed E-state index contributed by atoms with van der Waals surface area (Å²) in [6.45, 7) is 5.52. The fourth-order valence-electron chi connectivity index (χ4n) is 1.13. The number of ketones is 1. The Bertz CT molecular complexity index is 432. The van der Waals surface area contributed by atoms with Gasteiger partial charge in [-0.2, -0.15) is 0 Å². The van der Waals surface area contributed by atoms with Crippen LogP contribution < -0.4 is 0 Å². The summed E-state index contributed by atoms with van der Waals surface area (Å²) in [5.41, 5.74) is 1.51. The summed E-state index contributed by atoms with van der Waals surface area (Å²) >= 11 is 0. The second-order valence-corrected chi connectivity index (χ2v) is 2.67. The summed E-state index contributed by atoms with van der Waals surface area (Å²) in [7, 11) is 0. The maximum atomic E-state index is 10.9. The monoisotopic (exact) mass is 190 g/mol. The molecule has 0 bridgehead atoms. The number of hydrogen-bond acceptors (Lipinski definition) is 2. The van der Waals surface area contributed by atoms with Crippen LogP contribution in [0.25, 0.3) is 5.52 Å². The van der Waals surface area contributed by atoms with Gasteiger partial charge in [0.15, 0.2) is 5.78 Å². The van der Waals surface area contributed by atoms with E-state index in [4.69, 9.17) is 0 Å². The highest BCUT2D eigenvalue weighted by Crippen LogP contribution is 2.05. The Balaban J connectivity index is 0.000000461. The van der Waals surface area contributed by atoms with Gasteiger partial charge >= 0.3 is 0 Å². The van der Waals surface area contributed by atoms with Crippen LogP contribution in [-0.2, 0) is 0 Å². The van der Waals surface area contributed by atoms with E-state index in [2.05, 4.69) is 4.98 Å². The van der Waals surface area contributed by atoms with Gasteiger partial charge in [0.2, 0.25) is 0 Å². The highest BCUT2D eigenvalue weighted by molar-refractivity contribution is 5.93. The standard InChI is InChI=1S/C9H8N2O.C2H6/c1-7(12)9-5-8-3-2-4-11(8)6-10-9;1-2/h2-6H,1H3;1-2H3. The molecule has 0 spiro atoms. The van der Waals surface area contributed by atoms with Gasteiger partial charge < -0.3 is 4.40 Å². The van der Waals surface area contributed by atoms with Crippen LogP contribution in [-0.4, -0.2) is 15.2 Å². The van der Waals surface area contributed by atoms with Crippen LogP contribution >= 0.6 is 0 Å². The molecule has 3 nitrogen and oxygen atoms in total. The van der Waals surface area contributed by atoms with E-state index in [-0.39, 0.29) is 5.78 Å². The minimum Gasteiger partial charge on any atom is -0.308 e. The molecule has 0 aliphatic carbocycles. The summed E-state index contributed by atoms with van der Waals surface area (Å²) in [5, 5.41) is 0. The van der Waals surface area contributed by atoms with Crippen LogP contribution in [0.5, 0.6) is 0 Å². The normalized spacial score (nSPS) is 9.36. The van der Waals surface area contributed by atoms with Crippen molar-refractivity contribution < 1.29 is 4.79 Å². The van der Waals surface area contributed by atoms with Gasteiger partial charge in [-0.15, -0.1) is 0 Å². The molecule has 2 aromatic heterocycles. The first kappa shape index (κ1) is 10.4. The smallest absolute Gasteiger partial charge is 0.178 e. The van der Waals surface area contributed by atoms with Crippen molar-refractivity contribution in [1.82, 2.24) is 9.38 Å². The van der Waals surface area contributed by atoms with Crippen molar-refractivity contribution in [2.24, 2.45) is 0 Å². The first-order valence-electron chi connectivity index (χ1n) is 4.71. The minimum absolute atomic E-state index is 0.00120. The largest absolute Gasteiger partial charge is 0.308 e. The number of carbonyl (C=O) groups excluding carboxylic acids is 1. The Hall–Kier alpha value is -1.64. The molecule has 0 aliphatic heterocycles. The molecule has 2 rings (SSSR count). The number of nitrogens with zero attached hydrogens (tertiary/aromatic N) is 2. The molecule has 0 saturated heterocycles. The molecule has 0 aliphatic rings. The zero-order valence-electron chi connectivity index (χ0n) is 8.69. The lowest BCUT2D eigenvalue weighted by atomic mass is 10.3. The Morgan fingerprint density at radius 3 is 2.79 bits per heavy atom. The van der Waals surface area contributed by atoms with Crippen molar-refractivity contribution >= 4 is 11.3 Å². The quantitative estimate of drug-likeness (QED) is 0.648. The maximum absolute atomic E-state index is 10.9. The second-order valence-electron chi connectivity index (χ2n) is 2.67. The molecule has 0 atom stereocenters. The number of hydrogen-bond donors (Lipinski definition) is 0. The van der Waals surface area contributed by atoms with Crippen LogP contribution in [0.2, 0.25) is 0 Å². The highest BCUT2D eigenvalue weighted by atomic mass is 16.1. The SMILES string of the molecule is CC.CC(=O)c1cc2cccn2cn1. The van der Waals surface area contributed by atoms with Gasteiger partial charge in [-0.3, -0.25) is 4.79 Å². The summed E-state index contributed by atoms with van der Waals surface area (Å²) in [6.07, 6.45) is 3.54. The molecule has 0 aromatic carbocycles. The molecule has 2 aromatic rings. The van der Waals surface area contributed by atoms with Gasteiger partial charge in [-0.05, 0) is 18.2 Å². The van der Waals surface area contributed by atoms with Crippen molar-refractivity contribution in [3.8, 4) is 0 Å². The van der Waals surface area contributed by atoms with Crippen LogP contribution in [0.3, 0.4) is 0 Å². The number of fused-ring (bicyclic) bond motifs is 1. The molecule has 0 amide bonds. The number of carbonyl (C=O) groups is 1. The van der Waals surface area contributed by atoms with Crippen LogP contribution in [0.1, 0.15) is 31.3 Å². The van der Waals surface area contributed by atoms with E-state index in [9.17, 15) is 4.79 Å². The van der Waals surface area contributed by atoms with E-state index in [1.807, 2.05) is 36.6 Å². The van der Waals surface area contributed by atoms with E-state index in [1.54, 1.807) is 12.4 Å². The van der Waals surface area contributed by atoms with Gasteiger partial charge in [0.1, 0.15) is 5.69 Å². The third-order valence-electron chi connectivity index (χ3n) is 1.78. The van der Waals surface area contributed by atoms with E-state index in [0.717, 1.165) is 5.52 Å². The lowest BCUT2D eigenvalue weighted by Gasteiger charge is -1.96. The van der Waals surface area contributed by atoms with E-state index in [1.165, 1.54) is 6.92 Å². The number of Topliss-reactive ketones (excluding diaryl/α,β-unsaturated/α-hetero) is 1. The first-order chi connectivity index (χ1) is 6.77. The molecule has 14 heavy (non-hydrogen) atoms. The Kier molecular flexibility index (Phi) is 3.40. The predicted molar refractivity (Wildman–Crippen MR) is 56.5 cm³/mol. The van der Waals surface area contributed by atoms with Crippen molar-refractivity contribution in [1.29, 1.82) is 0 Å². The van der Waals surface area contributed by atoms with Crippen molar-refractivity contribution in [2.75, 3.05) is 0 Å². The van der Waals surface area contributed by atoms with Gasteiger partial charge in [0.05, 0.1) is 6.33 Å². The zero-order valence-corrected chi connectivity index (χ0v) is 8.69. The Morgan fingerprint density at radius 2 is 2.14 bits per heavy atom. The second kappa shape index (κ2) is 4.56. The van der Waals surface area contributed by atoms with Gasteiger partial charge in [0, 0.05) is 18.6 Å². The van der Waals surface area contributed by atoms with Gasteiger partial charge in [-0.1, -0.05) is 13.8 Å². The topological polar surface area (TPSA) is 34.4 Å². The third kappa shape index (κ3) is 1.99. The molecule has 0 radical (unpaired) electrons. The molecular formula is C11H14N2O. The predicted octanol–water partition coefficient (Wildman–Crippen LogP) is 2.56. The summed E-state index contributed by atoms with van der Waals surface area (Å²) < 4.78 is 1.87. The summed E-state index contributed by atoms with van der Waals surface area (Å²) in [6, 6.07) is 5.64. The highest BCUT2D eigenvalue weighted by Gasteiger charge is 2.00. The molecule has 3 heteroatoms. The minimum atomic E-state index is -0.00120. The van der Waals surface area contributed by atoms with Crippen molar-refractivity contribution in [3.63, 3.8) is 0 Å². The maximum Gasteiger partial charge on any atom is 0.178 e. The van der Waals surface area contributed by atoms with E-state index < -0.39 is 0 Å². The molecule has 2 heterocycles. The van der Waals surface area contributed by atoms with Crippen LogP contribution in [0.15, 0.2) is 30.7 Å². The average Bonchev–Trinajstić information content (AvgIpc) is 2.67. The van der Waals surface area contributed by atoms with E-state index in [0.29, 0.717) is 5.69 Å². The van der Waals surface area contributed by atoms with Gasteiger partial charge in [0.25, 0.3) is 0 Å². The lowest BCUT2D eigenvalue weighted by molar-refractivity contribution is 0.101. The van der Waals surface area contributed by atoms with Crippen LogP contribution in [0.4, 0.5) is 0 Å². The molecule has 0 N–H and O–H groups in total. The van der Waals surface area contributed by atoms with Gasteiger partial charge in [-0.25, -0.2) is 4.98 Å². The fraction of sp³-hybridized carbons (Fsp3) is 0.273. The molecular weight excluding hydrogens is 176 g/mol. The third-order valence-corrected chi connectivity index (χ3v) is 1.78. The Labute approximate surface area is 83.4 Å². The van der Waals surface area contributed by atoms with Crippen LogP contribution in [0, 0.1) is 0 Å². The van der Waals surface area contributed by atoms with E-state index >= 15 is 0 Å². The molecule has 0 fully saturated rings. The molecule has 74 valence electrons. The zero-order chi connectivity index (χ0) is 10.6. The first-order valence-corrected chi connectivity index (χ1v) is 4.71. The molecule has 0 saturated carbocycles.